The zero-order chi connectivity index (χ0) is 27.6. The van der Waals surface area contributed by atoms with E-state index in [1.54, 1.807) is 19.1 Å². The van der Waals surface area contributed by atoms with E-state index in [4.69, 9.17) is 0 Å². The first kappa shape index (κ1) is 26.4. The molecule has 8 atom stereocenters. The van der Waals surface area contributed by atoms with E-state index in [1.807, 2.05) is 20.8 Å². The molecule has 0 spiro atoms. The Morgan fingerprint density at radius 1 is 0.973 bits per heavy atom. The maximum Gasteiger partial charge on any atom is 0.309 e. The minimum absolute atomic E-state index is 0.0645. The lowest BCUT2D eigenvalue weighted by Crippen LogP contribution is -2.74. The number of carbonyl (C=O) groups excluding carboxylic acids is 2. The maximum absolute atomic E-state index is 14.3. The Bertz CT molecular complexity index is 1240. The molecule has 0 aliphatic heterocycles. The van der Waals surface area contributed by atoms with E-state index >= 15 is 0 Å². The van der Waals surface area contributed by atoms with Crippen LogP contribution in [0.1, 0.15) is 93.4 Å². The molecule has 0 bridgehead atoms. The van der Waals surface area contributed by atoms with E-state index in [9.17, 15) is 29.9 Å². The lowest BCUT2D eigenvalue weighted by Gasteiger charge is -2.71. The van der Waals surface area contributed by atoms with E-state index in [0.29, 0.717) is 19.3 Å². The van der Waals surface area contributed by atoms with Gasteiger partial charge in [0.2, 0.25) is 0 Å². The molecule has 5 aliphatic carbocycles. The zero-order valence-electron chi connectivity index (χ0n) is 23.3. The van der Waals surface area contributed by atoms with Crippen LogP contribution in [-0.2, 0) is 14.4 Å². The van der Waals surface area contributed by atoms with Gasteiger partial charge in [0.15, 0.2) is 11.6 Å². The first-order valence-corrected chi connectivity index (χ1v) is 13.8. The molecule has 6 heteroatoms. The van der Waals surface area contributed by atoms with Gasteiger partial charge in [-0.3, -0.25) is 14.4 Å². The van der Waals surface area contributed by atoms with Crippen LogP contribution in [0.3, 0.4) is 0 Å². The number of nitrogens with zero attached hydrogens (tertiary/aromatic N) is 1. The van der Waals surface area contributed by atoms with Crippen molar-refractivity contribution in [2.45, 2.75) is 99.0 Å². The number of carboxylic acids is 1. The van der Waals surface area contributed by atoms with Crippen LogP contribution in [0.2, 0.25) is 0 Å². The molecule has 5 aliphatic rings. The van der Waals surface area contributed by atoms with Gasteiger partial charge in [-0.15, -0.1) is 0 Å². The second-order valence-corrected chi connectivity index (χ2v) is 14.7. The topological polar surface area (TPSA) is 115 Å². The monoisotopic (exact) mass is 507 g/mol. The average molecular weight is 508 g/mol. The van der Waals surface area contributed by atoms with Gasteiger partial charge >= 0.3 is 5.97 Å². The molecular formula is C31H41NO5. The molecule has 0 aromatic rings. The minimum Gasteiger partial charge on any atom is -0.481 e. The summed E-state index contributed by atoms with van der Waals surface area (Å²) in [6.45, 7) is 14.0. The molecule has 3 saturated carbocycles. The van der Waals surface area contributed by atoms with Gasteiger partial charge in [0.05, 0.1) is 11.0 Å². The predicted octanol–water partition coefficient (Wildman–Crippen LogP) is 5.41. The normalized spacial score (nSPS) is 50.4. The molecule has 2 N–H and O–H groups in total. The molecule has 6 nitrogen and oxygen atoms in total. The van der Waals surface area contributed by atoms with Crippen LogP contribution < -0.4 is 0 Å². The van der Waals surface area contributed by atoms with Gasteiger partial charge in [-0.05, 0) is 80.3 Å². The van der Waals surface area contributed by atoms with Crippen LogP contribution in [0.25, 0.3) is 0 Å². The number of ketones is 2. The van der Waals surface area contributed by atoms with Crippen LogP contribution in [0.4, 0.5) is 0 Å². The van der Waals surface area contributed by atoms with Crippen molar-refractivity contribution < 1.29 is 24.6 Å². The summed E-state index contributed by atoms with van der Waals surface area (Å²) in [5.41, 5.74) is -4.67. The fourth-order valence-corrected chi connectivity index (χ4v) is 9.95. The Morgan fingerprint density at radius 2 is 1.59 bits per heavy atom. The molecule has 3 fully saturated rings. The first-order chi connectivity index (χ1) is 16.9. The van der Waals surface area contributed by atoms with Gasteiger partial charge in [-0.1, -0.05) is 47.6 Å². The summed E-state index contributed by atoms with van der Waals surface area (Å²) >= 11 is 0. The number of carbonyl (C=O) groups is 3. The van der Waals surface area contributed by atoms with Crippen molar-refractivity contribution in [2.75, 3.05) is 0 Å². The van der Waals surface area contributed by atoms with Crippen molar-refractivity contribution in [2.24, 2.45) is 44.3 Å². The highest BCUT2D eigenvalue weighted by molar-refractivity contribution is 6.05. The van der Waals surface area contributed by atoms with Crippen LogP contribution in [0.15, 0.2) is 23.3 Å². The number of allylic oxidation sites excluding steroid dienone is 3. The van der Waals surface area contributed by atoms with Crippen LogP contribution >= 0.6 is 0 Å². The summed E-state index contributed by atoms with van der Waals surface area (Å²) < 4.78 is 0. The van der Waals surface area contributed by atoms with E-state index < -0.39 is 44.6 Å². The highest BCUT2D eigenvalue weighted by Crippen LogP contribution is 2.75. The number of nitriles is 1. The molecule has 0 amide bonds. The van der Waals surface area contributed by atoms with Crippen molar-refractivity contribution in [3.8, 4) is 6.07 Å². The first-order valence-electron chi connectivity index (χ1n) is 13.8. The summed E-state index contributed by atoms with van der Waals surface area (Å²) in [4.78, 5) is 39.7. The van der Waals surface area contributed by atoms with E-state index in [-0.39, 0.29) is 34.9 Å². The Kier molecular flexibility index (Phi) is 5.15. The third kappa shape index (κ3) is 2.82. The third-order valence-corrected chi connectivity index (χ3v) is 12.8. The molecule has 5 rings (SSSR count). The maximum atomic E-state index is 14.3. The summed E-state index contributed by atoms with van der Waals surface area (Å²) in [7, 11) is 0. The number of Topliss-reactive ketones (excluding diaryl/α,β-unsaturated/α-hetero) is 1. The fourth-order valence-electron chi connectivity index (χ4n) is 9.95. The second-order valence-electron chi connectivity index (χ2n) is 14.7. The Labute approximate surface area is 220 Å². The lowest BCUT2D eigenvalue weighted by molar-refractivity contribution is -0.243. The summed E-state index contributed by atoms with van der Waals surface area (Å²) in [5.74, 6) is -1.87. The van der Waals surface area contributed by atoms with Crippen LogP contribution in [0.5, 0.6) is 0 Å². The number of aliphatic hydroxyl groups is 1. The zero-order valence-corrected chi connectivity index (χ0v) is 23.3. The van der Waals surface area contributed by atoms with Crippen LogP contribution in [-0.4, -0.2) is 33.3 Å². The van der Waals surface area contributed by atoms with Crippen molar-refractivity contribution in [3.05, 3.63) is 23.3 Å². The molecule has 0 saturated heterocycles. The van der Waals surface area contributed by atoms with Gasteiger partial charge in [0, 0.05) is 22.2 Å². The molecule has 200 valence electrons. The van der Waals surface area contributed by atoms with E-state index in [0.717, 1.165) is 24.8 Å². The summed E-state index contributed by atoms with van der Waals surface area (Å²) in [6, 6.07) is 2.12. The lowest BCUT2D eigenvalue weighted by atomic mass is 9.33. The largest absolute Gasteiger partial charge is 0.481 e. The van der Waals surface area contributed by atoms with Crippen molar-refractivity contribution in [3.63, 3.8) is 0 Å². The Morgan fingerprint density at radius 3 is 2.19 bits per heavy atom. The average Bonchev–Trinajstić information content (AvgIpc) is 2.82. The molecule has 0 aromatic carbocycles. The van der Waals surface area contributed by atoms with Crippen molar-refractivity contribution >= 4 is 17.5 Å². The van der Waals surface area contributed by atoms with Crippen molar-refractivity contribution in [1.29, 1.82) is 5.26 Å². The molecular weight excluding hydrogens is 466 g/mol. The molecule has 0 aromatic heterocycles. The summed E-state index contributed by atoms with van der Waals surface area (Å²) in [6.07, 6.45) is 7.88. The van der Waals surface area contributed by atoms with Crippen molar-refractivity contribution in [1.82, 2.24) is 0 Å². The number of fused-ring (bicyclic) bond motifs is 7. The SMILES string of the molecule is CC1(C)C(=O)C(C#N)=C[C@]2(C)C3=CC(=O)[C@]4(O)C5C[C@@](C)(C(=O)O)CC[C@]5(C)CC[C@@]4(C)[C@]3(C)CC[C@@H]12. The van der Waals surface area contributed by atoms with Gasteiger partial charge in [0.1, 0.15) is 11.7 Å². The predicted molar refractivity (Wildman–Crippen MR) is 138 cm³/mol. The standard InChI is InChI=1S/C31H41NO5/c1-25(2)19-8-9-29(6)20(28(19,5)15-18(17-32)23(25)34)14-22(33)31(37)21-16-27(4,24(35)36)11-10-26(21,3)12-13-30(29,31)7/h14-15,19,21,37H,8-13,16H2,1-7H3,(H,35,36)/t19-,21?,26+,27-,28-,29+,30-,31+/m0/s1. The Balaban J connectivity index is 1.73. The molecule has 1 unspecified atom stereocenters. The van der Waals surface area contributed by atoms with E-state index in [2.05, 4.69) is 26.8 Å². The number of hydrogen-bond donors (Lipinski definition) is 2. The minimum atomic E-state index is -1.68. The van der Waals surface area contributed by atoms with Gasteiger partial charge in [-0.25, -0.2) is 0 Å². The number of aliphatic carboxylic acids is 1. The summed E-state index contributed by atoms with van der Waals surface area (Å²) in [5, 5.41) is 32.6. The highest BCUT2D eigenvalue weighted by Gasteiger charge is 2.75. The van der Waals surface area contributed by atoms with Gasteiger partial charge < -0.3 is 10.2 Å². The van der Waals surface area contributed by atoms with E-state index in [1.165, 1.54) is 0 Å². The van der Waals surface area contributed by atoms with Crippen LogP contribution in [0, 0.1) is 55.7 Å². The number of hydrogen-bond acceptors (Lipinski definition) is 5. The third-order valence-electron chi connectivity index (χ3n) is 12.8. The van der Waals surface area contributed by atoms with Gasteiger partial charge in [-0.2, -0.15) is 5.26 Å². The van der Waals surface area contributed by atoms with Gasteiger partial charge in [0.25, 0.3) is 0 Å². The molecule has 37 heavy (non-hydrogen) atoms. The number of carboxylic acid groups (broad SMARTS) is 1. The fraction of sp³-hybridized carbons (Fsp3) is 0.742. The Hall–Kier alpha value is -2.26. The highest BCUT2D eigenvalue weighted by atomic mass is 16.4. The number of rotatable bonds is 1. The molecule has 0 heterocycles. The second kappa shape index (κ2) is 7.23. The smallest absolute Gasteiger partial charge is 0.309 e. The quantitative estimate of drug-likeness (QED) is 0.491. The molecule has 0 radical (unpaired) electrons.